The summed E-state index contributed by atoms with van der Waals surface area (Å²) in [5.41, 5.74) is 2.20. The van der Waals surface area contributed by atoms with Gasteiger partial charge in [-0.15, -0.1) is 0 Å². The lowest BCUT2D eigenvalue weighted by molar-refractivity contribution is -0.113. The molecule has 7 heteroatoms. The highest BCUT2D eigenvalue weighted by Crippen LogP contribution is 2.37. The fourth-order valence-electron chi connectivity index (χ4n) is 2.92. The van der Waals surface area contributed by atoms with Gasteiger partial charge in [0.15, 0.2) is 0 Å². The van der Waals surface area contributed by atoms with Crippen LogP contribution in [0.4, 0.5) is 10.5 Å². The molecule has 0 aromatic heterocycles. The second-order valence-electron chi connectivity index (χ2n) is 6.45. The van der Waals surface area contributed by atoms with Crippen molar-refractivity contribution in [2.75, 3.05) is 4.90 Å². The van der Waals surface area contributed by atoms with E-state index in [0.29, 0.717) is 28.0 Å². The summed E-state index contributed by atoms with van der Waals surface area (Å²) < 4.78 is 6.97. The number of rotatable bonds is 5. The van der Waals surface area contributed by atoms with Gasteiger partial charge in [0.25, 0.3) is 11.1 Å². The fourth-order valence-corrected chi connectivity index (χ4v) is 4.20. The number of halogens is 2. The summed E-state index contributed by atoms with van der Waals surface area (Å²) in [4.78, 5) is 26.8. The number of nitrogens with zero attached hydrogens (tertiary/aromatic N) is 1. The number of hydrogen-bond acceptors (Lipinski definition) is 4. The Morgan fingerprint density at radius 2 is 1.77 bits per heavy atom. The minimum atomic E-state index is -0.380. The van der Waals surface area contributed by atoms with Crippen molar-refractivity contribution in [2.45, 2.75) is 6.61 Å². The number of carbonyl (C=O) groups is 2. The molecule has 1 aliphatic rings. The largest absolute Gasteiger partial charge is 0.488 e. The van der Waals surface area contributed by atoms with E-state index in [0.717, 1.165) is 32.3 Å². The van der Waals surface area contributed by atoms with Crippen LogP contribution in [0.5, 0.6) is 5.75 Å². The first-order valence-corrected chi connectivity index (χ1v) is 11.0. The molecule has 3 aromatic carbocycles. The normalized spacial score (nSPS) is 15.1. The van der Waals surface area contributed by atoms with Crippen LogP contribution in [0.2, 0.25) is 5.02 Å². The summed E-state index contributed by atoms with van der Waals surface area (Å²) in [6.45, 7) is 0.391. The van der Waals surface area contributed by atoms with E-state index in [1.807, 2.05) is 48.5 Å². The first kappa shape index (κ1) is 20.7. The number of benzene rings is 3. The molecule has 0 unspecified atom stereocenters. The second-order valence-corrected chi connectivity index (χ2v) is 8.80. The van der Waals surface area contributed by atoms with E-state index in [-0.39, 0.29) is 11.1 Å². The van der Waals surface area contributed by atoms with Crippen molar-refractivity contribution in [1.82, 2.24) is 0 Å². The molecule has 4 rings (SSSR count). The summed E-state index contributed by atoms with van der Waals surface area (Å²) >= 11 is 10.3. The van der Waals surface area contributed by atoms with Gasteiger partial charge >= 0.3 is 0 Å². The number of para-hydroxylation sites is 1. The zero-order valence-corrected chi connectivity index (χ0v) is 18.7. The van der Waals surface area contributed by atoms with E-state index in [2.05, 4.69) is 15.9 Å². The van der Waals surface area contributed by atoms with Crippen LogP contribution in [-0.2, 0) is 11.4 Å². The Labute approximate surface area is 191 Å². The third-order valence-electron chi connectivity index (χ3n) is 4.37. The molecule has 0 N–H and O–H groups in total. The van der Waals surface area contributed by atoms with Crippen molar-refractivity contribution in [1.29, 1.82) is 0 Å². The number of thioether (sulfide) groups is 1. The molecule has 30 heavy (non-hydrogen) atoms. The molecule has 2 amide bonds. The van der Waals surface area contributed by atoms with Gasteiger partial charge in [0.1, 0.15) is 12.4 Å². The first-order valence-electron chi connectivity index (χ1n) is 9.01. The van der Waals surface area contributed by atoms with E-state index in [4.69, 9.17) is 16.3 Å². The van der Waals surface area contributed by atoms with E-state index in [1.165, 1.54) is 0 Å². The van der Waals surface area contributed by atoms with E-state index in [9.17, 15) is 9.59 Å². The van der Waals surface area contributed by atoms with Crippen molar-refractivity contribution >= 4 is 62.2 Å². The molecule has 1 aliphatic heterocycles. The molecular weight excluding hydrogens is 486 g/mol. The number of anilines is 1. The molecule has 0 atom stereocenters. The highest BCUT2D eigenvalue weighted by Gasteiger charge is 2.36. The molecular formula is C23H15BrClNO3S. The number of carbonyl (C=O) groups excluding carboxylic acids is 2. The molecule has 3 aromatic rings. The van der Waals surface area contributed by atoms with Crippen molar-refractivity contribution in [3.8, 4) is 5.75 Å². The van der Waals surface area contributed by atoms with Crippen molar-refractivity contribution in [3.05, 3.63) is 98.3 Å². The Morgan fingerprint density at radius 3 is 2.53 bits per heavy atom. The average molecular weight is 501 g/mol. The predicted molar refractivity (Wildman–Crippen MR) is 125 cm³/mol. The van der Waals surface area contributed by atoms with Gasteiger partial charge in [-0.1, -0.05) is 63.9 Å². The molecule has 150 valence electrons. The Bertz CT molecular complexity index is 1150. The molecule has 1 fully saturated rings. The van der Waals surface area contributed by atoms with Crippen molar-refractivity contribution in [2.24, 2.45) is 0 Å². The van der Waals surface area contributed by atoms with Gasteiger partial charge in [-0.3, -0.25) is 9.59 Å². The number of ether oxygens (including phenoxy) is 1. The lowest BCUT2D eigenvalue weighted by atomic mass is 10.1. The summed E-state index contributed by atoms with van der Waals surface area (Å²) in [6.07, 6.45) is 1.69. The maximum Gasteiger partial charge on any atom is 0.298 e. The van der Waals surface area contributed by atoms with Gasteiger partial charge in [-0.2, -0.15) is 0 Å². The zero-order chi connectivity index (χ0) is 21.1. The van der Waals surface area contributed by atoms with Crippen LogP contribution in [0, 0.1) is 0 Å². The molecule has 1 saturated heterocycles. The van der Waals surface area contributed by atoms with E-state index in [1.54, 1.807) is 30.3 Å². The minimum absolute atomic E-state index is 0.333. The smallest absolute Gasteiger partial charge is 0.298 e. The lowest BCUT2D eigenvalue weighted by Gasteiger charge is -2.12. The van der Waals surface area contributed by atoms with Gasteiger partial charge in [-0.05, 0) is 59.8 Å². The zero-order valence-electron chi connectivity index (χ0n) is 15.5. The van der Waals surface area contributed by atoms with Crippen molar-refractivity contribution in [3.63, 3.8) is 0 Å². The Kier molecular flexibility index (Phi) is 6.27. The quantitative estimate of drug-likeness (QED) is 0.357. The van der Waals surface area contributed by atoms with E-state index < -0.39 is 0 Å². The molecule has 0 spiro atoms. The second kappa shape index (κ2) is 9.08. The number of amides is 2. The van der Waals surface area contributed by atoms with Gasteiger partial charge in [0.05, 0.1) is 10.6 Å². The van der Waals surface area contributed by atoms with Gasteiger partial charge in [0, 0.05) is 15.1 Å². The molecule has 1 heterocycles. The van der Waals surface area contributed by atoms with Crippen LogP contribution in [0.3, 0.4) is 0 Å². The summed E-state index contributed by atoms with van der Waals surface area (Å²) in [5.74, 6) is 0.255. The highest BCUT2D eigenvalue weighted by molar-refractivity contribution is 9.10. The van der Waals surface area contributed by atoms with Crippen LogP contribution < -0.4 is 9.64 Å². The maximum atomic E-state index is 12.9. The number of hydrogen-bond donors (Lipinski definition) is 0. The molecule has 0 aliphatic carbocycles. The maximum absolute atomic E-state index is 12.9. The average Bonchev–Trinajstić information content (AvgIpc) is 3.01. The van der Waals surface area contributed by atoms with Crippen LogP contribution in [0.25, 0.3) is 6.08 Å². The standard InChI is InChI=1S/C23H15BrClNO3S/c24-17-10-8-15(9-11-17)14-29-20-7-2-1-4-16(20)12-21-22(27)26(23(28)30-21)19-6-3-5-18(25)13-19/h1-13H,14H2/b21-12+. The number of imide groups is 1. The van der Waals surface area contributed by atoms with Gasteiger partial charge in [0.2, 0.25) is 0 Å². The van der Waals surface area contributed by atoms with Crippen LogP contribution >= 0.6 is 39.3 Å². The Hall–Kier alpha value is -2.54. The third kappa shape index (κ3) is 4.61. The van der Waals surface area contributed by atoms with Crippen LogP contribution in [-0.4, -0.2) is 11.1 Å². The highest BCUT2D eigenvalue weighted by atomic mass is 79.9. The van der Waals surface area contributed by atoms with Crippen molar-refractivity contribution < 1.29 is 14.3 Å². The summed E-state index contributed by atoms with van der Waals surface area (Å²) in [7, 11) is 0. The SMILES string of the molecule is O=C1S/C(=C/c2ccccc2OCc2ccc(Br)cc2)C(=O)N1c1cccc(Cl)c1. The third-order valence-corrected chi connectivity index (χ3v) is 6.01. The monoisotopic (exact) mass is 499 g/mol. The fraction of sp³-hybridized carbons (Fsp3) is 0.0435. The summed E-state index contributed by atoms with van der Waals surface area (Å²) in [6, 6.07) is 22.0. The summed E-state index contributed by atoms with van der Waals surface area (Å²) in [5, 5.41) is 0.101. The van der Waals surface area contributed by atoms with Crippen LogP contribution in [0.15, 0.2) is 82.2 Å². The Morgan fingerprint density at radius 1 is 1.00 bits per heavy atom. The van der Waals surface area contributed by atoms with Gasteiger partial charge in [-0.25, -0.2) is 4.90 Å². The Balaban J connectivity index is 1.57. The van der Waals surface area contributed by atoms with E-state index >= 15 is 0 Å². The minimum Gasteiger partial charge on any atom is -0.488 e. The van der Waals surface area contributed by atoms with Gasteiger partial charge < -0.3 is 4.74 Å². The predicted octanol–water partition coefficient (Wildman–Crippen LogP) is 6.92. The lowest BCUT2D eigenvalue weighted by Crippen LogP contribution is -2.27. The molecule has 0 saturated carbocycles. The topological polar surface area (TPSA) is 46.6 Å². The molecule has 4 nitrogen and oxygen atoms in total. The van der Waals surface area contributed by atoms with Crippen LogP contribution in [0.1, 0.15) is 11.1 Å². The molecule has 0 bridgehead atoms. The first-order chi connectivity index (χ1) is 14.5. The molecule has 0 radical (unpaired) electrons.